The van der Waals surface area contributed by atoms with Gasteiger partial charge in [0.2, 0.25) is 11.8 Å². The molecule has 9 heteroatoms. The van der Waals surface area contributed by atoms with E-state index in [0.717, 1.165) is 11.3 Å². The zero-order chi connectivity index (χ0) is 16.9. The van der Waals surface area contributed by atoms with Crippen molar-refractivity contribution < 1.29 is 32.7 Å². The Morgan fingerprint density at radius 2 is 1.86 bits per heavy atom. The molecule has 2 N–H and O–H groups in total. The lowest BCUT2D eigenvalue weighted by Crippen LogP contribution is -2.34. The van der Waals surface area contributed by atoms with Crippen molar-refractivity contribution in [2.24, 2.45) is 11.8 Å². The summed E-state index contributed by atoms with van der Waals surface area (Å²) in [5.41, 5.74) is 0. The summed E-state index contributed by atoms with van der Waals surface area (Å²) in [7, 11) is 0. The minimum Gasteiger partial charge on any atom is -0.481 e. The normalized spacial score (nSPS) is 21.7. The second kappa shape index (κ2) is 7.46. The van der Waals surface area contributed by atoms with Crippen LogP contribution < -0.4 is 5.32 Å². The Labute approximate surface area is 125 Å². The maximum atomic E-state index is 12.8. The number of nitrogens with zero attached hydrogens (tertiary/aromatic N) is 1. The molecule has 1 heterocycles. The van der Waals surface area contributed by atoms with Gasteiger partial charge in [-0.2, -0.15) is 13.2 Å². The molecule has 22 heavy (non-hydrogen) atoms. The molecule has 1 aliphatic heterocycles. The van der Waals surface area contributed by atoms with Crippen LogP contribution in [0, 0.1) is 11.8 Å². The van der Waals surface area contributed by atoms with Gasteiger partial charge in [0.15, 0.2) is 0 Å². The molecule has 0 aromatic carbocycles. The van der Waals surface area contributed by atoms with Crippen LogP contribution in [0.25, 0.3) is 0 Å². The molecule has 0 spiro atoms. The second-order valence-corrected chi connectivity index (χ2v) is 5.24. The number of aliphatic carboxylic acids is 1. The zero-order valence-electron chi connectivity index (χ0n) is 12.2. The predicted octanol–water partition coefficient (Wildman–Crippen LogP) is 1.01. The zero-order valence-corrected chi connectivity index (χ0v) is 12.2. The second-order valence-electron chi connectivity index (χ2n) is 5.24. The Kier molecular flexibility index (Phi) is 6.19. The Morgan fingerprint density at radius 1 is 1.23 bits per heavy atom. The molecule has 0 unspecified atom stereocenters. The van der Waals surface area contributed by atoms with Crippen LogP contribution in [0.3, 0.4) is 0 Å². The summed E-state index contributed by atoms with van der Waals surface area (Å²) < 4.78 is 38.4. The molecule has 1 rings (SSSR count). The molecule has 0 radical (unpaired) electrons. The summed E-state index contributed by atoms with van der Waals surface area (Å²) in [5, 5.41) is 11.4. The largest absolute Gasteiger partial charge is 0.481 e. The van der Waals surface area contributed by atoms with E-state index in [-0.39, 0.29) is 18.7 Å². The first-order valence-corrected chi connectivity index (χ1v) is 7.00. The third-order valence-electron chi connectivity index (χ3n) is 3.55. The summed E-state index contributed by atoms with van der Waals surface area (Å²) in [6.45, 7) is 1.18. The van der Waals surface area contributed by atoms with Crippen LogP contribution in [-0.4, -0.2) is 53.6 Å². The first-order chi connectivity index (χ1) is 10.2. The number of hydrogen-bond donors (Lipinski definition) is 2. The highest BCUT2D eigenvalue weighted by Crippen LogP contribution is 2.37. The molecule has 1 aliphatic rings. The third kappa shape index (κ3) is 4.88. The number of carbonyl (C=O) groups excluding carboxylic acids is 2. The number of likely N-dealkylation sites (tertiary alicyclic amines) is 1. The van der Waals surface area contributed by atoms with Gasteiger partial charge in [0.1, 0.15) is 0 Å². The van der Waals surface area contributed by atoms with Crippen LogP contribution in [0.5, 0.6) is 0 Å². The van der Waals surface area contributed by atoms with Crippen molar-refractivity contribution in [3.05, 3.63) is 0 Å². The Balaban J connectivity index is 2.57. The average molecular weight is 324 g/mol. The van der Waals surface area contributed by atoms with Gasteiger partial charge in [-0.05, 0) is 6.42 Å². The van der Waals surface area contributed by atoms with E-state index in [9.17, 15) is 27.6 Å². The molecule has 0 aromatic rings. The van der Waals surface area contributed by atoms with Crippen molar-refractivity contribution in [2.75, 3.05) is 19.6 Å². The lowest BCUT2D eigenvalue weighted by atomic mass is 9.96. The Morgan fingerprint density at radius 3 is 2.32 bits per heavy atom. The molecular weight excluding hydrogens is 305 g/mol. The van der Waals surface area contributed by atoms with Crippen LogP contribution in [-0.2, 0) is 14.4 Å². The molecule has 1 fully saturated rings. The van der Waals surface area contributed by atoms with Crippen LogP contribution in [0.15, 0.2) is 0 Å². The summed E-state index contributed by atoms with van der Waals surface area (Å²) in [6, 6.07) is 0. The van der Waals surface area contributed by atoms with Gasteiger partial charge in [-0.1, -0.05) is 6.92 Å². The smallest absolute Gasteiger partial charge is 0.394 e. The molecule has 1 saturated heterocycles. The molecule has 0 aromatic heterocycles. The minimum absolute atomic E-state index is 0.121. The van der Waals surface area contributed by atoms with E-state index < -0.39 is 43.0 Å². The predicted molar refractivity (Wildman–Crippen MR) is 69.8 cm³/mol. The molecule has 126 valence electrons. The first kappa shape index (κ1) is 18.2. The van der Waals surface area contributed by atoms with Gasteiger partial charge < -0.3 is 15.3 Å². The van der Waals surface area contributed by atoms with Crippen molar-refractivity contribution >= 4 is 17.8 Å². The van der Waals surface area contributed by atoms with Gasteiger partial charge in [-0.25, -0.2) is 0 Å². The molecule has 0 bridgehead atoms. The maximum Gasteiger partial charge on any atom is 0.394 e. The fraction of sp³-hybridized carbons (Fsp3) is 0.769. The van der Waals surface area contributed by atoms with Crippen molar-refractivity contribution in [3.63, 3.8) is 0 Å². The van der Waals surface area contributed by atoms with Crippen molar-refractivity contribution in [3.8, 4) is 0 Å². The number of amides is 2. The minimum atomic E-state index is -4.67. The number of halogens is 3. The summed E-state index contributed by atoms with van der Waals surface area (Å²) in [6.07, 6.45) is -4.29. The molecule has 0 saturated carbocycles. The third-order valence-corrected chi connectivity index (χ3v) is 3.55. The van der Waals surface area contributed by atoms with E-state index in [1.807, 2.05) is 6.92 Å². The fourth-order valence-corrected chi connectivity index (χ4v) is 2.32. The van der Waals surface area contributed by atoms with E-state index >= 15 is 0 Å². The van der Waals surface area contributed by atoms with Crippen LogP contribution >= 0.6 is 0 Å². The number of hydrogen-bond acceptors (Lipinski definition) is 3. The summed E-state index contributed by atoms with van der Waals surface area (Å²) in [5.74, 6) is -6.28. The number of carboxylic acids is 1. The van der Waals surface area contributed by atoms with Gasteiger partial charge >= 0.3 is 12.1 Å². The van der Waals surface area contributed by atoms with Gasteiger partial charge in [0, 0.05) is 32.5 Å². The number of rotatable bonds is 6. The molecule has 2 amide bonds. The average Bonchev–Trinajstić information content (AvgIpc) is 2.87. The topological polar surface area (TPSA) is 86.7 Å². The van der Waals surface area contributed by atoms with Gasteiger partial charge in [-0.3, -0.25) is 14.4 Å². The van der Waals surface area contributed by atoms with E-state index in [0.29, 0.717) is 6.54 Å². The van der Waals surface area contributed by atoms with Gasteiger partial charge in [0.05, 0.1) is 11.8 Å². The van der Waals surface area contributed by atoms with Gasteiger partial charge in [0.25, 0.3) is 0 Å². The van der Waals surface area contributed by atoms with Crippen molar-refractivity contribution in [1.29, 1.82) is 0 Å². The lowest BCUT2D eigenvalue weighted by molar-refractivity contribution is -0.188. The Bertz CT molecular complexity index is 439. The number of alkyl halides is 3. The van der Waals surface area contributed by atoms with E-state index in [2.05, 4.69) is 5.32 Å². The van der Waals surface area contributed by atoms with E-state index in [4.69, 9.17) is 5.11 Å². The van der Waals surface area contributed by atoms with Crippen LogP contribution in [0.2, 0.25) is 0 Å². The first-order valence-electron chi connectivity index (χ1n) is 7.00. The lowest BCUT2D eigenvalue weighted by Gasteiger charge is -2.18. The van der Waals surface area contributed by atoms with Crippen molar-refractivity contribution in [2.45, 2.75) is 32.4 Å². The van der Waals surface area contributed by atoms with E-state index in [1.165, 1.54) is 0 Å². The monoisotopic (exact) mass is 324 g/mol. The van der Waals surface area contributed by atoms with Gasteiger partial charge in [-0.15, -0.1) is 0 Å². The summed E-state index contributed by atoms with van der Waals surface area (Å²) in [4.78, 5) is 35.0. The number of carboxylic acid groups (broad SMARTS) is 1. The molecule has 0 aliphatic carbocycles. The van der Waals surface area contributed by atoms with E-state index in [1.54, 1.807) is 0 Å². The van der Waals surface area contributed by atoms with Crippen LogP contribution in [0.1, 0.15) is 26.2 Å². The SMILES string of the molecule is CCCNC(=O)CCC(=O)N1C[C@@H](C(F)(F)F)[C@H](C(=O)O)C1. The quantitative estimate of drug-likeness (QED) is 0.763. The standard InChI is InChI=1S/C13H19F3N2O4/c1-2-5-17-10(19)3-4-11(20)18-6-8(12(21)22)9(7-18)13(14,15)16/h8-9H,2-7H2,1H3,(H,17,19)(H,21,22)/t8-,9-/m1/s1. The molecule has 2 atom stereocenters. The highest BCUT2D eigenvalue weighted by molar-refractivity contribution is 5.84. The van der Waals surface area contributed by atoms with Crippen LogP contribution in [0.4, 0.5) is 13.2 Å². The summed E-state index contributed by atoms with van der Waals surface area (Å²) >= 11 is 0. The fourth-order valence-electron chi connectivity index (χ4n) is 2.32. The number of carbonyl (C=O) groups is 3. The number of nitrogens with one attached hydrogen (secondary N) is 1. The highest BCUT2D eigenvalue weighted by atomic mass is 19.4. The van der Waals surface area contributed by atoms with Crippen molar-refractivity contribution in [1.82, 2.24) is 10.2 Å². The Hall–Kier alpha value is -1.80. The molecule has 6 nitrogen and oxygen atoms in total. The maximum absolute atomic E-state index is 12.8. The molecular formula is C13H19F3N2O4. The highest BCUT2D eigenvalue weighted by Gasteiger charge is 2.53.